The van der Waals surface area contributed by atoms with E-state index in [4.69, 9.17) is 4.74 Å². The molecule has 198 valence electrons. The Hall–Kier alpha value is -4.15. The number of hydrogen-bond acceptors (Lipinski definition) is 8. The second-order valence-electron chi connectivity index (χ2n) is 9.57. The molecular formula is C27H31FN8O2. The van der Waals surface area contributed by atoms with Gasteiger partial charge in [-0.05, 0) is 45.9 Å². The zero-order valence-corrected chi connectivity index (χ0v) is 22.3. The van der Waals surface area contributed by atoms with Crippen LogP contribution in [0.4, 0.5) is 10.1 Å². The van der Waals surface area contributed by atoms with Crippen LogP contribution in [-0.4, -0.2) is 73.6 Å². The van der Waals surface area contributed by atoms with Gasteiger partial charge in [0, 0.05) is 31.4 Å². The molecule has 10 nitrogen and oxygen atoms in total. The molecule has 0 saturated carbocycles. The quantitative estimate of drug-likeness (QED) is 0.366. The number of hydrogen-bond donors (Lipinski definition) is 0. The maximum Gasteiger partial charge on any atom is 0.242 e. The van der Waals surface area contributed by atoms with Crippen LogP contribution in [0.1, 0.15) is 44.2 Å². The second-order valence-corrected chi connectivity index (χ2v) is 9.57. The second kappa shape index (κ2) is 10.3. The van der Waals surface area contributed by atoms with Crippen molar-refractivity contribution in [3.05, 3.63) is 53.8 Å². The van der Waals surface area contributed by atoms with Crippen LogP contribution in [0.5, 0.6) is 5.88 Å². The number of nitrogens with zero attached hydrogens (tertiary/aromatic N) is 8. The standard InChI is InChI=1S/C27H31FN8O2/c1-6-34-9-10-35(15-24(34)37)19-8-7-18(29-13-19)11-23-30-14-20(28)25(33-23)21-12-22-26(27(32-21)38-5)31-17(4)36(22)16(2)3/h7-8,12-14,16H,6,9-11,15H2,1-5H3. The minimum absolute atomic E-state index is 0.0910. The maximum atomic E-state index is 15.0. The zero-order chi connectivity index (χ0) is 27.0. The first-order chi connectivity index (χ1) is 18.3. The highest BCUT2D eigenvalue weighted by atomic mass is 19.1. The predicted molar refractivity (Wildman–Crippen MR) is 142 cm³/mol. The van der Waals surface area contributed by atoms with E-state index in [0.717, 1.165) is 42.0 Å². The molecule has 0 atom stereocenters. The minimum Gasteiger partial charge on any atom is -0.479 e. The Kier molecular flexibility index (Phi) is 6.92. The van der Waals surface area contributed by atoms with Crippen LogP contribution in [0.2, 0.25) is 0 Å². The molecule has 0 N–H and O–H groups in total. The van der Waals surface area contributed by atoms with Crippen molar-refractivity contribution in [1.29, 1.82) is 0 Å². The van der Waals surface area contributed by atoms with E-state index in [0.29, 0.717) is 42.4 Å². The van der Waals surface area contributed by atoms with Crippen molar-refractivity contribution in [3.8, 4) is 17.3 Å². The van der Waals surface area contributed by atoms with Crippen LogP contribution in [0.25, 0.3) is 22.4 Å². The van der Waals surface area contributed by atoms with Crippen molar-refractivity contribution in [3.63, 3.8) is 0 Å². The van der Waals surface area contributed by atoms with Gasteiger partial charge in [-0.1, -0.05) is 0 Å². The Labute approximate surface area is 220 Å². The number of aryl methyl sites for hydroxylation is 1. The van der Waals surface area contributed by atoms with Gasteiger partial charge in [-0.15, -0.1) is 0 Å². The van der Waals surface area contributed by atoms with Crippen molar-refractivity contribution >= 4 is 22.6 Å². The summed E-state index contributed by atoms with van der Waals surface area (Å²) in [6.07, 6.45) is 3.23. The molecule has 38 heavy (non-hydrogen) atoms. The topological polar surface area (TPSA) is 102 Å². The lowest BCUT2D eigenvalue weighted by Crippen LogP contribution is -2.50. The monoisotopic (exact) mass is 518 g/mol. The molecule has 4 aromatic heterocycles. The van der Waals surface area contributed by atoms with E-state index in [-0.39, 0.29) is 17.6 Å². The Morgan fingerprint density at radius 3 is 2.58 bits per heavy atom. The number of pyridine rings is 2. The van der Waals surface area contributed by atoms with Gasteiger partial charge in [0.2, 0.25) is 11.8 Å². The summed E-state index contributed by atoms with van der Waals surface area (Å²) in [6, 6.07) is 5.76. The van der Waals surface area contributed by atoms with Gasteiger partial charge in [0.25, 0.3) is 0 Å². The number of imidazole rings is 1. The Balaban J connectivity index is 1.41. The smallest absolute Gasteiger partial charge is 0.242 e. The Morgan fingerprint density at radius 2 is 1.92 bits per heavy atom. The highest BCUT2D eigenvalue weighted by molar-refractivity contribution is 5.85. The van der Waals surface area contributed by atoms with E-state index in [2.05, 4.69) is 43.3 Å². The number of halogens is 1. The van der Waals surface area contributed by atoms with E-state index < -0.39 is 5.82 Å². The molecule has 1 amide bonds. The number of anilines is 1. The maximum absolute atomic E-state index is 15.0. The molecule has 11 heteroatoms. The van der Waals surface area contributed by atoms with E-state index in [1.54, 1.807) is 12.3 Å². The fourth-order valence-electron chi connectivity index (χ4n) is 4.90. The molecule has 0 radical (unpaired) electrons. The number of carbonyl (C=O) groups excluding carboxylic acids is 1. The lowest BCUT2D eigenvalue weighted by molar-refractivity contribution is -0.130. The molecule has 5 rings (SSSR count). The molecule has 1 saturated heterocycles. The lowest BCUT2D eigenvalue weighted by atomic mass is 10.2. The molecule has 1 fully saturated rings. The third kappa shape index (κ3) is 4.75. The van der Waals surface area contributed by atoms with Crippen molar-refractivity contribution in [2.45, 2.75) is 40.2 Å². The summed E-state index contributed by atoms with van der Waals surface area (Å²) in [5.41, 5.74) is 3.48. The summed E-state index contributed by atoms with van der Waals surface area (Å²) in [6.45, 7) is 10.6. The highest BCUT2D eigenvalue weighted by Gasteiger charge is 2.23. The largest absolute Gasteiger partial charge is 0.479 e. The van der Waals surface area contributed by atoms with Gasteiger partial charge < -0.3 is 19.1 Å². The summed E-state index contributed by atoms with van der Waals surface area (Å²) < 4.78 is 22.5. The molecule has 0 bridgehead atoms. The number of rotatable bonds is 7. The van der Waals surface area contributed by atoms with E-state index in [1.807, 2.05) is 35.8 Å². The fourth-order valence-corrected chi connectivity index (χ4v) is 4.90. The first-order valence-electron chi connectivity index (χ1n) is 12.7. The normalized spacial score (nSPS) is 14.1. The van der Waals surface area contributed by atoms with Gasteiger partial charge in [0.1, 0.15) is 17.3 Å². The summed E-state index contributed by atoms with van der Waals surface area (Å²) in [7, 11) is 1.52. The molecule has 0 aliphatic carbocycles. The van der Waals surface area contributed by atoms with Gasteiger partial charge >= 0.3 is 0 Å². The van der Waals surface area contributed by atoms with Gasteiger partial charge in [0.15, 0.2) is 11.3 Å². The number of fused-ring (bicyclic) bond motifs is 1. The molecule has 5 heterocycles. The summed E-state index contributed by atoms with van der Waals surface area (Å²) in [5.74, 6) is 1.10. The van der Waals surface area contributed by atoms with Gasteiger partial charge in [-0.3, -0.25) is 9.78 Å². The molecule has 1 aliphatic heterocycles. The first-order valence-corrected chi connectivity index (χ1v) is 12.7. The number of piperazine rings is 1. The predicted octanol–water partition coefficient (Wildman–Crippen LogP) is 3.58. The van der Waals surface area contributed by atoms with Crippen molar-refractivity contribution in [2.24, 2.45) is 0 Å². The fraction of sp³-hybridized carbons (Fsp3) is 0.407. The van der Waals surface area contributed by atoms with E-state index >= 15 is 0 Å². The molecule has 0 unspecified atom stereocenters. The highest BCUT2D eigenvalue weighted by Crippen LogP contribution is 2.31. The number of ether oxygens (including phenoxy) is 1. The molecule has 1 aliphatic rings. The summed E-state index contributed by atoms with van der Waals surface area (Å²) >= 11 is 0. The van der Waals surface area contributed by atoms with Crippen molar-refractivity contribution in [1.82, 2.24) is 34.4 Å². The van der Waals surface area contributed by atoms with Crippen LogP contribution in [0.3, 0.4) is 0 Å². The van der Waals surface area contributed by atoms with Crippen LogP contribution >= 0.6 is 0 Å². The Morgan fingerprint density at radius 1 is 1.11 bits per heavy atom. The van der Waals surface area contributed by atoms with E-state index in [1.165, 1.54) is 7.11 Å². The average Bonchev–Trinajstić information content (AvgIpc) is 3.25. The molecular weight excluding hydrogens is 487 g/mol. The SMILES string of the molecule is CCN1CCN(c2ccc(Cc3ncc(F)c(-c4cc5c(nc(C)n5C(C)C)c(OC)n4)n3)nc2)CC1=O. The summed E-state index contributed by atoms with van der Waals surface area (Å²) in [4.78, 5) is 38.5. The first kappa shape index (κ1) is 25.5. The third-order valence-corrected chi connectivity index (χ3v) is 6.78. The van der Waals surface area contributed by atoms with Crippen LogP contribution in [0, 0.1) is 12.7 Å². The van der Waals surface area contributed by atoms with Crippen LogP contribution < -0.4 is 9.64 Å². The third-order valence-electron chi connectivity index (χ3n) is 6.78. The molecule has 0 spiro atoms. The number of likely N-dealkylation sites (N-methyl/N-ethyl adjacent to an activating group) is 1. The average molecular weight is 519 g/mol. The molecule has 4 aromatic rings. The van der Waals surface area contributed by atoms with Gasteiger partial charge in [-0.2, -0.15) is 0 Å². The zero-order valence-electron chi connectivity index (χ0n) is 22.3. The van der Waals surface area contributed by atoms with Crippen LogP contribution in [0.15, 0.2) is 30.6 Å². The number of methoxy groups -OCH3 is 1. The number of amides is 1. The van der Waals surface area contributed by atoms with Crippen molar-refractivity contribution < 1.29 is 13.9 Å². The number of carbonyl (C=O) groups is 1. The Bertz CT molecular complexity index is 1480. The van der Waals surface area contributed by atoms with Crippen molar-refractivity contribution in [2.75, 3.05) is 38.2 Å². The van der Waals surface area contributed by atoms with Crippen LogP contribution in [-0.2, 0) is 11.2 Å². The van der Waals surface area contributed by atoms with Gasteiger partial charge in [-0.25, -0.2) is 24.3 Å². The minimum atomic E-state index is -0.575. The van der Waals surface area contributed by atoms with E-state index in [9.17, 15) is 9.18 Å². The van der Waals surface area contributed by atoms with Gasteiger partial charge in [0.05, 0.1) is 49.4 Å². The summed E-state index contributed by atoms with van der Waals surface area (Å²) in [5, 5.41) is 0. The number of aromatic nitrogens is 6. The molecule has 0 aromatic carbocycles. The lowest BCUT2D eigenvalue weighted by Gasteiger charge is -2.34.